The molecule has 486 valence electrons. The van der Waals surface area contributed by atoms with E-state index in [1.165, 1.54) is 154 Å². The molecular formula is C84H88Co2N4O4. The van der Waals surface area contributed by atoms with Crippen LogP contribution in [0.4, 0.5) is 0 Å². The molecule has 0 aromatic heterocycles. The van der Waals surface area contributed by atoms with E-state index in [2.05, 4.69) is 24.3 Å². The summed E-state index contributed by atoms with van der Waals surface area (Å²) in [5.41, 5.74) is 3.65. The van der Waals surface area contributed by atoms with Gasteiger partial charge in [0, 0.05) is 24.9 Å². The molecule has 8 nitrogen and oxygen atoms in total. The van der Waals surface area contributed by atoms with Crippen molar-refractivity contribution in [2.75, 3.05) is 0 Å². The fourth-order valence-electron chi connectivity index (χ4n) is 23.3. The van der Waals surface area contributed by atoms with E-state index in [9.17, 15) is 20.4 Å². The van der Waals surface area contributed by atoms with Crippen LogP contribution in [0.1, 0.15) is 176 Å². The van der Waals surface area contributed by atoms with Crippen LogP contribution in [0.5, 0.6) is 23.0 Å². The molecule has 0 saturated heterocycles. The molecule has 2 radical (unpaired) electrons. The molecule has 24 rings (SSSR count). The first-order valence-corrected chi connectivity index (χ1v) is 35.8. The third-order valence-corrected chi connectivity index (χ3v) is 25.6. The van der Waals surface area contributed by atoms with Crippen molar-refractivity contribution in [3.8, 4) is 23.0 Å². The van der Waals surface area contributed by atoms with E-state index in [1.807, 2.05) is 122 Å². The van der Waals surface area contributed by atoms with Gasteiger partial charge in [0.2, 0.25) is 0 Å². The van der Waals surface area contributed by atoms with Crippen molar-refractivity contribution in [1.29, 1.82) is 0 Å². The summed E-state index contributed by atoms with van der Waals surface area (Å²) in [5.74, 6) is 11.0. The molecule has 8 aromatic carbocycles. The van der Waals surface area contributed by atoms with E-state index < -0.39 is 0 Å². The quantitative estimate of drug-likeness (QED) is 0.140. The van der Waals surface area contributed by atoms with Crippen LogP contribution in [-0.2, 0) is 33.6 Å². The predicted molar refractivity (Wildman–Crippen MR) is 368 cm³/mol. The minimum absolute atomic E-state index is 0. The van der Waals surface area contributed by atoms with Gasteiger partial charge in [-0.15, -0.1) is 0 Å². The number of aliphatic imine (C=N–C) groups is 4. The second-order valence-corrected chi connectivity index (χ2v) is 32.4. The first-order chi connectivity index (χ1) is 44.8. The van der Waals surface area contributed by atoms with Gasteiger partial charge in [-0.05, 0) is 290 Å². The van der Waals surface area contributed by atoms with Gasteiger partial charge < -0.3 is 20.4 Å². The van der Waals surface area contributed by atoms with E-state index in [0.29, 0.717) is 0 Å². The van der Waals surface area contributed by atoms with Crippen LogP contribution in [0.2, 0.25) is 0 Å². The topological polar surface area (TPSA) is 142 Å². The van der Waals surface area contributed by atoms with Crippen LogP contribution < -0.4 is 20.4 Å². The number of nitrogens with zero attached hydrogens (tertiary/aromatic N) is 4. The zero-order valence-corrected chi connectivity index (χ0v) is 56.2. The molecular weight excluding hydrogens is 1250 g/mol. The van der Waals surface area contributed by atoms with E-state index in [-0.39, 0.29) is 78.7 Å². The smallest absolute Gasteiger partial charge is 0.872 e. The molecule has 0 atom stereocenters. The normalized spacial score (nSPS) is 34.6. The molecule has 94 heavy (non-hydrogen) atoms. The standard InChI is InChI=1S/4C21H23NO.2Co/c4*23-20-6-5-17-3-1-2-4-18(17)19(20)13-22-21-10-14-7-15(11-21)9-16(8-14)12-21;;/h4*1-6,13-16,23H,7-12H2;;/q;;;;2*+2/p-4. The third-order valence-electron chi connectivity index (χ3n) is 25.6. The van der Waals surface area contributed by atoms with Crippen LogP contribution >= 0.6 is 0 Å². The van der Waals surface area contributed by atoms with Gasteiger partial charge >= 0.3 is 33.6 Å². The maximum Gasteiger partial charge on any atom is 2.00 e. The van der Waals surface area contributed by atoms with Crippen LogP contribution in [0.15, 0.2) is 166 Å². The fourth-order valence-corrected chi connectivity index (χ4v) is 23.3. The Bertz CT molecular complexity index is 3580. The van der Waals surface area contributed by atoms with Crippen LogP contribution in [0, 0.1) is 71.0 Å². The molecule has 0 spiro atoms. The summed E-state index contributed by atoms with van der Waals surface area (Å²) in [6.07, 6.45) is 39.7. The second-order valence-electron chi connectivity index (χ2n) is 32.4. The van der Waals surface area contributed by atoms with E-state index >= 15 is 0 Å². The van der Waals surface area contributed by atoms with Gasteiger partial charge in [0.05, 0.1) is 22.2 Å². The molecule has 0 heterocycles. The van der Waals surface area contributed by atoms with Gasteiger partial charge in [0.15, 0.2) is 0 Å². The molecule has 16 bridgehead atoms. The molecule has 0 N–H and O–H groups in total. The predicted octanol–water partition coefficient (Wildman–Crippen LogP) is 17.2. The maximum absolute atomic E-state index is 12.4. The fraction of sp³-hybridized carbons (Fsp3) is 0.476. The number of benzene rings is 8. The van der Waals surface area contributed by atoms with Gasteiger partial charge in [-0.25, -0.2) is 0 Å². The van der Waals surface area contributed by atoms with E-state index in [1.54, 1.807) is 24.3 Å². The van der Waals surface area contributed by atoms with Crippen molar-refractivity contribution < 1.29 is 54.0 Å². The summed E-state index contributed by atoms with van der Waals surface area (Å²) in [4.78, 5) is 20.3. The Morgan fingerprint density at radius 3 is 0.564 bits per heavy atom. The molecule has 16 saturated carbocycles. The van der Waals surface area contributed by atoms with Gasteiger partial charge in [0.25, 0.3) is 0 Å². The molecule has 0 aliphatic heterocycles. The summed E-state index contributed by atoms with van der Waals surface area (Å²) < 4.78 is 0. The third kappa shape index (κ3) is 12.5. The number of fused-ring (bicyclic) bond motifs is 4. The van der Waals surface area contributed by atoms with Gasteiger partial charge in [-0.1, -0.05) is 169 Å². The van der Waals surface area contributed by atoms with Crippen molar-refractivity contribution >= 4 is 67.9 Å². The maximum atomic E-state index is 12.4. The molecule has 16 aliphatic rings. The largest absolute Gasteiger partial charge is 2.00 e. The average molecular weight is 1340 g/mol. The molecule has 16 aliphatic carbocycles. The summed E-state index contributed by atoms with van der Waals surface area (Å²) in [7, 11) is 0. The Balaban J connectivity index is 0.000000103. The summed E-state index contributed by atoms with van der Waals surface area (Å²) in [6.45, 7) is 0. The summed E-state index contributed by atoms with van der Waals surface area (Å²) in [5, 5.41) is 58.1. The van der Waals surface area contributed by atoms with E-state index in [4.69, 9.17) is 20.0 Å². The second kappa shape index (κ2) is 25.6. The minimum atomic E-state index is 0. The van der Waals surface area contributed by atoms with Crippen LogP contribution in [0.3, 0.4) is 0 Å². The number of hydrogen-bond acceptors (Lipinski definition) is 8. The van der Waals surface area contributed by atoms with Crippen molar-refractivity contribution in [2.24, 2.45) is 91.0 Å². The number of hydrogen-bond donors (Lipinski definition) is 0. The van der Waals surface area contributed by atoms with Crippen LogP contribution in [-0.4, -0.2) is 47.0 Å². The molecule has 16 fully saturated rings. The van der Waals surface area contributed by atoms with E-state index in [0.717, 1.165) is 136 Å². The molecule has 0 unspecified atom stereocenters. The minimum Gasteiger partial charge on any atom is -0.872 e. The summed E-state index contributed by atoms with van der Waals surface area (Å²) >= 11 is 0. The molecule has 10 heteroatoms. The average Bonchev–Trinajstić information content (AvgIpc) is 0.767. The Hall–Kier alpha value is -6.31. The Kier molecular flexibility index (Phi) is 17.4. The van der Waals surface area contributed by atoms with Gasteiger partial charge in [-0.2, -0.15) is 0 Å². The number of rotatable bonds is 8. The van der Waals surface area contributed by atoms with Crippen LogP contribution in [0.25, 0.3) is 43.1 Å². The monoisotopic (exact) mass is 1330 g/mol. The van der Waals surface area contributed by atoms with Crippen molar-refractivity contribution in [1.82, 2.24) is 0 Å². The van der Waals surface area contributed by atoms with Gasteiger partial charge in [0.1, 0.15) is 0 Å². The first kappa shape index (κ1) is 63.7. The Morgan fingerprint density at radius 1 is 0.234 bits per heavy atom. The van der Waals surface area contributed by atoms with Gasteiger partial charge in [-0.3, -0.25) is 20.0 Å². The zero-order chi connectivity index (χ0) is 61.8. The van der Waals surface area contributed by atoms with Crippen molar-refractivity contribution in [2.45, 2.75) is 176 Å². The molecule has 0 amide bonds. The zero-order valence-electron chi connectivity index (χ0n) is 54.2. The summed E-state index contributed by atoms with van der Waals surface area (Å²) in [6, 6.07) is 46.9. The molecule has 8 aromatic rings. The van der Waals surface area contributed by atoms with Crippen molar-refractivity contribution in [3.63, 3.8) is 0 Å². The van der Waals surface area contributed by atoms with Crippen molar-refractivity contribution in [3.05, 3.63) is 168 Å². The first-order valence-electron chi connectivity index (χ1n) is 35.8. The Labute approximate surface area is 576 Å². The Morgan fingerprint density at radius 2 is 0.394 bits per heavy atom. The SMILES string of the molecule is [Co+2].[Co+2].[O-]c1ccc2ccccc2c1C=NC12CC3CC(CC(C3)C1)C2.[O-]c1ccc2ccccc2c1C=NC12CC3CC(CC(C3)C1)C2.[O-]c1ccc2ccccc2c1C=NC12CC3CC(CC(C3)C1)C2.[O-]c1ccc2ccccc2c1C=NC12CC3CC(CC(C3)C1)C2.